The molecule has 7 heteroatoms. The van der Waals surface area contributed by atoms with Gasteiger partial charge in [-0.2, -0.15) is 0 Å². The van der Waals surface area contributed by atoms with Gasteiger partial charge < -0.3 is 14.5 Å². The lowest BCUT2D eigenvalue weighted by molar-refractivity contribution is 0.0950. The lowest BCUT2D eigenvalue weighted by atomic mass is 10.2. The molecule has 2 heterocycles. The standard InChI is InChI=1S/C17H18N4O3/c1-11-8-19-13(9-18-11)10-20-17(22)12-3-4-14-15(7-12)24-16(21-14)5-6-23-2/h3-4,7-9H,5-6,10H2,1-2H3,(H,20,22). The molecule has 1 N–H and O–H groups in total. The van der Waals surface area contributed by atoms with Gasteiger partial charge in [0.15, 0.2) is 11.5 Å². The molecule has 1 amide bonds. The molecule has 124 valence electrons. The predicted octanol–water partition coefficient (Wildman–Crippen LogP) is 2.05. The maximum atomic E-state index is 12.3. The summed E-state index contributed by atoms with van der Waals surface area (Å²) < 4.78 is 10.7. The molecule has 0 spiro atoms. The Morgan fingerprint density at radius 3 is 2.92 bits per heavy atom. The summed E-state index contributed by atoms with van der Waals surface area (Å²) in [6.07, 6.45) is 3.92. The smallest absolute Gasteiger partial charge is 0.251 e. The van der Waals surface area contributed by atoms with Gasteiger partial charge >= 0.3 is 0 Å². The van der Waals surface area contributed by atoms with Crippen molar-refractivity contribution in [2.24, 2.45) is 0 Å². The number of methoxy groups -OCH3 is 1. The number of hydrogen-bond donors (Lipinski definition) is 1. The van der Waals surface area contributed by atoms with E-state index in [1.807, 2.05) is 6.92 Å². The summed E-state index contributed by atoms with van der Waals surface area (Å²) in [5, 5.41) is 2.82. The van der Waals surface area contributed by atoms with Gasteiger partial charge in [-0.3, -0.25) is 14.8 Å². The second-order valence-corrected chi connectivity index (χ2v) is 5.36. The van der Waals surface area contributed by atoms with Crippen LogP contribution in [0.1, 0.15) is 27.6 Å². The van der Waals surface area contributed by atoms with Crippen molar-refractivity contribution in [3.8, 4) is 0 Å². The van der Waals surface area contributed by atoms with Gasteiger partial charge in [-0.15, -0.1) is 0 Å². The van der Waals surface area contributed by atoms with Crippen LogP contribution in [0.15, 0.2) is 35.0 Å². The van der Waals surface area contributed by atoms with E-state index in [2.05, 4.69) is 20.3 Å². The van der Waals surface area contributed by atoms with Gasteiger partial charge in [0.1, 0.15) is 5.52 Å². The minimum absolute atomic E-state index is 0.200. The average molecular weight is 326 g/mol. The first-order chi connectivity index (χ1) is 11.7. The first kappa shape index (κ1) is 16.1. The van der Waals surface area contributed by atoms with Crippen molar-refractivity contribution in [2.45, 2.75) is 19.9 Å². The molecule has 0 aliphatic carbocycles. The molecule has 0 saturated heterocycles. The summed E-state index contributed by atoms with van der Waals surface area (Å²) in [7, 11) is 1.63. The number of carbonyl (C=O) groups is 1. The van der Waals surface area contributed by atoms with E-state index in [1.165, 1.54) is 0 Å². The normalized spacial score (nSPS) is 10.9. The average Bonchev–Trinajstić information content (AvgIpc) is 3.01. The maximum Gasteiger partial charge on any atom is 0.251 e. The third-order valence-electron chi connectivity index (χ3n) is 3.48. The number of fused-ring (bicyclic) bond motifs is 1. The highest BCUT2D eigenvalue weighted by molar-refractivity contribution is 5.96. The Bertz CT molecular complexity index is 843. The SMILES string of the molecule is COCCc1nc2ccc(C(=O)NCc3cnc(C)cn3)cc2o1. The molecular formula is C17H18N4O3. The fraction of sp³-hybridized carbons (Fsp3) is 0.294. The molecule has 3 aromatic rings. The van der Waals surface area contributed by atoms with Gasteiger partial charge in [-0.25, -0.2) is 4.98 Å². The van der Waals surface area contributed by atoms with Crippen LogP contribution in [0.3, 0.4) is 0 Å². The number of hydrogen-bond acceptors (Lipinski definition) is 6. The lowest BCUT2D eigenvalue weighted by Crippen LogP contribution is -2.23. The zero-order valence-electron chi connectivity index (χ0n) is 13.6. The number of rotatable bonds is 6. The molecule has 0 fully saturated rings. The monoisotopic (exact) mass is 326 g/mol. The maximum absolute atomic E-state index is 12.3. The molecule has 3 rings (SSSR count). The topological polar surface area (TPSA) is 90.1 Å². The Balaban J connectivity index is 1.68. The molecule has 2 aromatic heterocycles. The number of ether oxygens (including phenoxy) is 1. The van der Waals surface area contributed by atoms with Gasteiger partial charge in [0.05, 0.1) is 30.7 Å². The van der Waals surface area contributed by atoms with Crippen molar-refractivity contribution in [1.82, 2.24) is 20.3 Å². The number of nitrogens with zero attached hydrogens (tertiary/aromatic N) is 3. The number of carbonyl (C=O) groups excluding carboxylic acids is 1. The third-order valence-corrected chi connectivity index (χ3v) is 3.48. The largest absolute Gasteiger partial charge is 0.441 e. The Morgan fingerprint density at radius 2 is 2.17 bits per heavy atom. The molecule has 0 bridgehead atoms. The molecule has 0 radical (unpaired) electrons. The Labute approximate surface area is 139 Å². The summed E-state index contributed by atoms with van der Waals surface area (Å²) in [6, 6.07) is 5.19. The highest BCUT2D eigenvalue weighted by atomic mass is 16.5. The van der Waals surface area contributed by atoms with Gasteiger partial charge in [0.2, 0.25) is 0 Å². The summed E-state index contributed by atoms with van der Waals surface area (Å²) >= 11 is 0. The van der Waals surface area contributed by atoms with E-state index in [-0.39, 0.29) is 5.91 Å². The van der Waals surface area contributed by atoms with Crippen LogP contribution in [0.4, 0.5) is 0 Å². The van der Waals surface area contributed by atoms with Crippen LogP contribution in [0.5, 0.6) is 0 Å². The molecule has 7 nitrogen and oxygen atoms in total. The van der Waals surface area contributed by atoms with E-state index in [1.54, 1.807) is 37.7 Å². The zero-order chi connectivity index (χ0) is 16.9. The number of oxazole rings is 1. The summed E-state index contributed by atoms with van der Waals surface area (Å²) in [6.45, 7) is 2.72. The Kier molecular flexibility index (Phi) is 4.81. The van der Waals surface area contributed by atoms with Crippen LogP contribution >= 0.6 is 0 Å². The zero-order valence-corrected chi connectivity index (χ0v) is 13.6. The van der Waals surface area contributed by atoms with Crippen molar-refractivity contribution in [3.05, 3.63) is 53.4 Å². The first-order valence-corrected chi connectivity index (χ1v) is 7.60. The van der Waals surface area contributed by atoms with Crippen molar-refractivity contribution >= 4 is 17.0 Å². The molecular weight excluding hydrogens is 308 g/mol. The fourth-order valence-corrected chi connectivity index (χ4v) is 2.19. The highest BCUT2D eigenvalue weighted by Crippen LogP contribution is 2.18. The molecule has 0 aliphatic rings. The highest BCUT2D eigenvalue weighted by Gasteiger charge is 2.11. The van der Waals surface area contributed by atoms with E-state index < -0.39 is 0 Å². The van der Waals surface area contributed by atoms with E-state index in [0.717, 1.165) is 11.2 Å². The van der Waals surface area contributed by atoms with Crippen LogP contribution in [0, 0.1) is 6.92 Å². The number of aryl methyl sites for hydroxylation is 1. The van der Waals surface area contributed by atoms with Crippen LogP contribution in [0.2, 0.25) is 0 Å². The lowest BCUT2D eigenvalue weighted by Gasteiger charge is -2.04. The van der Waals surface area contributed by atoms with Gasteiger partial charge in [0.25, 0.3) is 5.91 Å². The summed E-state index contributed by atoms with van der Waals surface area (Å²) in [5.74, 6) is 0.397. The molecule has 0 unspecified atom stereocenters. The quantitative estimate of drug-likeness (QED) is 0.745. The number of amides is 1. The minimum Gasteiger partial charge on any atom is -0.441 e. The van der Waals surface area contributed by atoms with Crippen molar-refractivity contribution < 1.29 is 13.9 Å². The van der Waals surface area contributed by atoms with Crippen molar-refractivity contribution in [2.75, 3.05) is 13.7 Å². The third kappa shape index (κ3) is 3.75. The van der Waals surface area contributed by atoms with Crippen molar-refractivity contribution in [1.29, 1.82) is 0 Å². The summed E-state index contributed by atoms with van der Waals surface area (Å²) in [4.78, 5) is 25.0. The fourth-order valence-electron chi connectivity index (χ4n) is 2.19. The van der Waals surface area contributed by atoms with Gasteiger partial charge in [0, 0.05) is 25.3 Å². The summed E-state index contributed by atoms with van der Waals surface area (Å²) in [5.41, 5.74) is 3.37. The van der Waals surface area contributed by atoms with Gasteiger partial charge in [-0.05, 0) is 25.1 Å². The van der Waals surface area contributed by atoms with Crippen LogP contribution < -0.4 is 5.32 Å². The number of benzene rings is 1. The minimum atomic E-state index is -0.200. The van der Waals surface area contributed by atoms with Crippen LogP contribution in [-0.2, 0) is 17.7 Å². The second kappa shape index (κ2) is 7.18. The molecule has 0 atom stereocenters. The van der Waals surface area contributed by atoms with Crippen LogP contribution in [-0.4, -0.2) is 34.6 Å². The van der Waals surface area contributed by atoms with E-state index in [4.69, 9.17) is 9.15 Å². The van der Waals surface area contributed by atoms with Gasteiger partial charge in [-0.1, -0.05) is 0 Å². The predicted molar refractivity (Wildman–Crippen MR) is 87.5 cm³/mol. The molecule has 1 aromatic carbocycles. The number of aromatic nitrogens is 3. The van der Waals surface area contributed by atoms with E-state index in [0.29, 0.717) is 42.3 Å². The molecule has 0 aliphatic heterocycles. The van der Waals surface area contributed by atoms with Crippen molar-refractivity contribution in [3.63, 3.8) is 0 Å². The van der Waals surface area contributed by atoms with E-state index in [9.17, 15) is 4.79 Å². The Hall–Kier alpha value is -2.80. The molecule has 0 saturated carbocycles. The number of nitrogens with one attached hydrogen (secondary N) is 1. The van der Waals surface area contributed by atoms with E-state index >= 15 is 0 Å². The second-order valence-electron chi connectivity index (χ2n) is 5.36. The molecule has 24 heavy (non-hydrogen) atoms. The van der Waals surface area contributed by atoms with Crippen LogP contribution in [0.25, 0.3) is 11.1 Å². The Morgan fingerprint density at radius 1 is 1.29 bits per heavy atom. The first-order valence-electron chi connectivity index (χ1n) is 7.60.